The molecule has 3 heterocycles. The molecule has 12 heteroatoms. The van der Waals surface area contributed by atoms with Crippen LogP contribution in [0.4, 0.5) is 36.2 Å². The maximum absolute atomic E-state index is 14.0. The molecular weight excluding hydrogens is 545 g/mol. The summed E-state index contributed by atoms with van der Waals surface area (Å²) in [7, 11) is 1.99. The zero-order valence-electron chi connectivity index (χ0n) is 23.2. The van der Waals surface area contributed by atoms with E-state index in [2.05, 4.69) is 30.5 Å². The van der Waals surface area contributed by atoms with E-state index in [0.717, 1.165) is 24.7 Å². The van der Waals surface area contributed by atoms with Gasteiger partial charge in [0.1, 0.15) is 18.0 Å². The summed E-state index contributed by atoms with van der Waals surface area (Å²) in [6.45, 7) is 5.03. The number of hydrogen-bond donors (Lipinski definition) is 3. The second-order valence-electron chi connectivity index (χ2n) is 10.3. The number of nitrogens with zero attached hydrogens (tertiary/aromatic N) is 5. The van der Waals surface area contributed by atoms with Crippen molar-refractivity contribution >= 4 is 28.9 Å². The van der Waals surface area contributed by atoms with Crippen molar-refractivity contribution in [1.82, 2.24) is 24.8 Å². The lowest BCUT2D eigenvalue weighted by Gasteiger charge is -2.33. The number of piperazine rings is 1. The molecule has 0 unspecified atom stereocenters. The van der Waals surface area contributed by atoms with Crippen LogP contribution in [-0.2, 0) is 12.7 Å². The Hall–Kier alpha value is -4.55. The number of hydrogen-bond acceptors (Lipinski definition) is 8. The molecule has 1 saturated heterocycles. The van der Waals surface area contributed by atoms with Gasteiger partial charge >= 0.3 is 6.18 Å². The summed E-state index contributed by atoms with van der Waals surface area (Å²) in [6.07, 6.45) is -1.59. The lowest BCUT2D eigenvalue weighted by Crippen LogP contribution is -2.44. The van der Waals surface area contributed by atoms with E-state index >= 15 is 0 Å². The van der Waals surface area contributed by atoms with Gasteiger partial charge in [0.2, 0.25) is 0 Å². The van der Waals surface area contributed by atoms with Gasteiger partial charge in [0.15, 0.2) is 0 Å². The van der Waals surface area contributed by atoms with Gasteiger partial charge in [0, 0.05) is 67.5 Å². The highest BCUT2D eigenvalue weighted by Crippen LogP contribution is 2.34. The van der Waals surface area contributed by atoms with Crippen molar-refractivity contribution < 1.29 is 18.0 Å². The number of nitrogens with one attached hydrogen (secondary N) is 2. The number of benzene rings is 2. The zero-order valence-corrected chi connectivity index (χ0v) is 23.2. The van der Waals surface area contributed by atoms with Crippen LogP contribution in [0.25, 0.3) is 11.3 Å². The fourth-order valence-corrected chi connectivity index (χ4v) is 4.76. The van der Waals surface area contributed by atoms with Gasteiger partial charge in [-0.2, -0.15) is 13.2 Å². The predicted molar refractivity (Wildman–Crippen MR) is 156 cm³/mol. The van der Waals surface area contributed by atoms with Gasteiger partial charge in [-0.25, -0.2) is 15.0 Å². The van der Waals surface area contributed by atoms with Crippen LogP contribution in [0.5, 0.6) is 0 Å². The lowest BCUT2D eigenvalue weighted by atomic mass is 10.0. The molecule has 1 aliphatic rings. The van der Waals surface area contributed by atoms with E-state index in [0.29, 0.717) is 47.4 Å². The molecule has 0 aliphatic carbocycles. The van der Waals surface area contributed by atoms with E-state index in [9.17, 15) is 18.0 Å². The highest BCUT2D eigenvalue weighted by Gasteiger charge is 2.34. The molecule has 0 bridgehead atoms. The number of rotatable bonds is 7. The van der Waals surface area contributed by atoms with Gasteiger partial charge in [-0.15, -0.1) is 0 Å². The quantitative estimate of drug-likeness (QED) is 0.276. The second-order valence-corrected chi connectivity index (χ2v) is 10.3. The molecule has 4 N–H and O–H groups in total. The zero-order chi connectivity index (χ0) is 29.9. The highest BCUT2D eigenvalue weighted by molar-refractivity contribution is 6.04. The first-order valence-electron chi connectivity index (χ1n) is 13.4. The van der Waals surface area contributed by atoms with E-state index in [1.165, 1.54) is 18.5 Å². The van der Waals surface area contributed by atoms with Crippen LogP contribution in [0.15, 0.2) is 67.1 Å². The number of carbonyl (C=O) groups excluding carboxylic acids is 1. The van der Waals surface area contributed by atoms with Gasteiger partial charge in [-0.3, -0.25) is 9.69 Å². The Morgan fingerprint density at radius 1 is 1.00 bits per heavy atom. The fourth-order valence-electron chi connectivity index (χ4n) is 4.76. The van der Waals surface area contributed by atoms with Crippen LogP contribution in [0.3, 0.4) is 0 Å². The summed E-state index contributed by atoms with van der Waals surface area (Å²) in [5.74, 6) is 0.182. The van der Waals surface area contributed by atoms with E-state index in [4.69, 9.17) is 5.73 Å². The molecule has 1 fully saturated rings. The maximum Gasteiger partial charge on any atom is 0.416 e. The molecule has 1 amide bonds. The van der Waals surface area contributed by atoms with Gasteiger partial charge < -0.3 is 21.3 Å². The minimum atomic E-state index is -4.59. The first-order chi connectivity index (χ1) is 20.1. The SMILES string of the molecule is Cc1ccc(NC(=O)c2ccc(CN3CCN(C)CC3)c(C(F)(F)F)c2)cc1Nc1ncccc1-c1cc(N)ncn1. The molecule has 0 saturated carbocycles. The Morgan fingerprint density at radius 2 is 1.79 bits per heavy atom. The third-order valence-electron chi connectivity index (χ3n) is 7.19. The average Bonchev–Trinajstić information content (AvgIpc) is 2.96. The van der Waals surface area contributed by atoms with Crippen molar-refractivity contribution in [2.45, 2.75) is 19.6 Å². The topological polar surface area (TPSA) is 112 Å². The van der Waals surface area contributed by atoms with E-state index in [1.54, 1.807) is 36.5 Å². The number of anilines is 4. The summed E-state index contributed by atoms with van der Waals surface area (Å²) in [5.41, 5.74) is 8.30. The number of pyridine rings is 1. The van der Waals surface area contributed by atoms with Crippen molar-refractivity contribution in [3.05, 3.63) is 89.4 Å². The number of nitrogens with two attached hydrogens (primary N) is 1. The number of halogens is 3. The second kappa shape index (κ2) is 12.1. The molecule has 0 atom stereocenters. The summed E-state index contributed by atoms with van der Waals surface area (Å²) in [4.78, 5) is 29.9. The number of amides is 1. The van der Waals surface area contributed by atoms with Crippen molar-refractivity contribution in [2.75, 3.05) is 49.6 Å². The van der Waals surface area contributed by atoms with Crippen molar-refractivity contribution in [3.8, 4) is 11.3 Å². The number of carbonyl (C=O) groups is 1. The molecule has 218 valence electrons. The standard InChI is InChI=1S/C30H31F3N8O/c1-19-5-8-22(15-25(19)39-28-23(4-3-9-35-28)26-16-27(34)37-18-36-26)38-29(42)20-6-7-21(24(14-20)30(31,32)33)17-41-12-10-40(2)11-13-41/h3-9,14-16,18H,10-13,17H2,1-2H3,(H,35,39)(H,38,42)(H2,34,36,37). The molecule has 42 heavy (non-hydrogen) atoms. The highest BCUT2D eigenvalue weighted by atomic mass is 19.4. The monoisotopic (exact) mass is 576 g/mol. The number of aryl methyl sites for hydroxylation is 1. The number of alkyl halides is 3. The Kier molecular flexibility index (Phi) is 8.36. The number of likely N-dealkylation sites (N-methyl/N-ethyl adjacent to an activating group) is 1. The Morgan fingerprint density at radius 3 is 2.52 bits per heavy atom. The van der Waals surface area contributed by atoms with Gasteiger partial charge in [0.25, 0.3) is 5.91 Å². The van der Waals surface area contributed by atoms with E-state index in [1.807, 2.05) is 24.9 Å². The summed E-state index contributed by atoms with van der Waals surface area (Å²) >= 11 is 0. The molecule has 2 aromatic heterocycles. The normalized spacial score (nSPS) is 14.5. The minimum absolute atomic E-state index is 0.0760. The summed E-state index contributed by atoms with van der Waals surface area (Å²) in [6, 6.07) is 14.2. The molecule has 2 aromatic carbocycles. The van der Waals surface area contributed by atoms with Crippen molar-refractivity contribution in [1.29, 1.82) is 0 Å². The van der Waals surface area contributed by atoms with E-state index in [-0.39, 0.29) is 17.7 Å². The molecule has 0 spiro atoms. The van der Waals surface area contributed by atoms with Crippen LogP contribution in [0, 0.1) is 6.92 Å². The number of nitrogen functional groups attached to an aromatic ring is 1. The third-order valence-corrected chi connectivity index (χ3v) is 7.19. The summed E-state index contributed by atoms with van der Waals surface area (Å²) in [5, 5.41) is 6.00. The van der Waals surface area contributed by atoms with E-state index < -0.39 is 17.6 Å². The maximum atomic E-state index is 14.0. The fraction of sp³-hybridized carbons (Fsp3) is 0.267. The van der Waals surface area contributed by atoms with Crippen LogP contribution in [0.2, 0.25) is 0 Å². The van der Waals surface area contributed by atoms with Crippen LogP contribution in [-0.4, -0.2) is 63.9 Å². The minimum Gasteiger partial charge on any atom is -0.384 e. The number of aromatic nitrogens is 3. The first-order valence-corrected chi connectivity index (χ1v) is 13.4. The predicted octanol–water partition coefficient (Wildman–Crippen LogP) is 5.19. The molecular formula is C30H31F3N8O. The lowest BCUT2D eigenvalue weighted by molar-refractivity contribution is -0.138. The largest absolute Gasteiger partial charge is 0.416 e. The Labute approximate surface area is 241 Å². The summed E-state index contributed by atoms with van der Waals surface area (Å²) < 4.78 is 42.1. The molecule has 9 nitrogen and oxygen atoms in total. The van der Waals surface area contributed by atoms with Crippen LogP contribution in [0.1, 0.15) is 27.0 Å². The molecule has 4 aromatic rings. The molecule has 1 aliphatic heterocycles. The average molecular weight is 577 g/mol. The Bertz CT molecular complexity index is 1590. The van der Waals surface area contributed by atoms with Crippen molar-refractivity contribution in [3.63, 3.8) is 0 Å². The van der Waals surface area contributed by atoms with Crippen LogP contribution < -0.4 is 16.4 Å². The molecule has 5 rings (SSSR count). The molecule has 0 radical (unpaired) electrons. The smallest absolute Gasteiger partial charge is 0.384 e. The van der Waals surface area contributed by atoms with Crippen molar-refractivity contribution in [2.24, 2.45) is 0 Å². The Balaban J connectivity index is 1.35. The van der Waals surface area contributed by atoms with Gasteiger partial charge in [-0.05, 0) is 61.5 Å². The van der Waals surface area contributed by atoms with Crippen LogP contribution >= 0.6 is 0 Å². The first kappa shape index (κ1) is 29.0. The van der Waals surface area contributed by atoms with Gasteiger partial charge in [-0.1, -0.05) is 12.1 Å². The van der Waals surface area contributed by atoms with Gasteiger partial charge in [0.05, 0.1) is 11.3 Å². The third kappa shape index (κ3) is 6.84.